The first kappa shape index (κ1) is 7.53. The summed E-state index contributed by atoms with van der Waals surface area (Å²) in [7, 11) is 0. The number of hydrogen-bond donors (Lipinski definition) is 0. The second-order valence-electron chi connectivity index (χ2n) is 1.31. The first-order chi connectivity index (χ1) is 4.35. The number of nitriles is 1. The third kappa shape index (κ3) is 3.14. The molecule has 1 nitrogen and oxygen atoms in total. The Morgan fingerprint density at radius 2 is 2.33 bits per heavy atom. The van der Waals surface area contributed by atoms with Crippen LogP contribution in [0.5, 0.6) is 0 Å². The summed E-state index contributed by atoms with van der Waals surface area (Å²) >= 11 is 0. The van der Waals surface area contributed by atoms with E-state index in [1.165, 1.54) is 0 Å². The van der Waals surface area contributed by atoms with Crippen LogP contribution in [0.25, 0.3) is 0 Å². The Hall–Kier alpha value is -1.47. The lowest BCUT2D eigenvalue weighted by Crippen LogP contribution is -1.65. The molecule has 1 heteroatoms. The number of rotatable bonds is 1. The molecule has 0 N–H and O–H groups in total. The van der Waals surface area contributed by atoms with E-state index in [4.69, 9.17) is 5.26 Å². The highest BCUT2D eigenvalue weighted by Gasteiger charge is 1.75. The van der Waals surface area contributed by atoms with E-state index >= 15 is 0 Å². The molecule has 0 aliphatic heterocycles. The molecular weight excluding hydrogens is 110 g/mol. The zero-order valence-corrected chi connectivity index (χ0v) is 5.31. The molecule has 0 bridgehead atoms. The Morgan fingerprint density at radius 3 is 2.67 bits per heavy atom. The first-order valence-corrected chi connectivity index (χ1v) is 2.54. The Bertz CT molecular complexity index is 217. The standard InChI is InChI=1S/C8H7N/c1-3-8(4-2)6-5-7-9/h3-4H,1H2,2H3. The van der Waals surface area contributed by atoms with Crippen molar-refractivity contribution in [3.8, 4) is 17.9 Å². The van der Waals surface area contributed by atoms with Gasteiger partial charge >= 0.3 is 0 Å². The van der Waals surface area contributed by atoms with Crippen molar-refractivity contribution in [1.82, 2.24) is 0 Å². The van der Waals surface area contributed by atoms with Crippen LogP contribution in [0.1, 0.15) is 6.92 Å². The van der Waals surface area contributed by atoms with Crippen molar-refractivity contribution in [2.75, 3.05) is 0 Å². The Labute approximate surface area is 55.3 Å². The minimum Gasteiger partial charge on any atom is -0.183 e. The predicted octanol–water partition coefficient (Wildman–Crippen LogP) is 1.65. The minimum atomic E-state index is 0.788. The molecule has 0 radical (unpaired) electrons. The van der Waals surface area contributed by atoms with Gasteiger partial charge < -0.3 is 0 Å². The molecule has 0 spiro atoms. The highest BCUT2D eigenvalue weighted by molar-refractivity contribution is 5.39. The van der Waals surface area contributed by atoms with Crippen LogP contribution in [-0.4, -0.2) is 0 Å². The van der Waals surface area contributed by atoms with Gasteiger partial charge in [0.2, 0.25) is 0 Å². The molecule has 0 aromatic carbocycles. The van der Waals surface area contributed by atoms with Crippen LogP contribution in [0.15, 0.2) is 24.3 Å². The van der Waals surface area contributed by atoms with Crippen molar-refractivity contribution >= 4 is 0 Å². The summed E-state index contributed by atoms with van der Waals surface area (Å²) in [6.45, 7) is 5.35. The normalized spacial score (nSPS) is 8.67. The molecule has 0 fully saturated rings. The van der Waals surface area contributed by atoms with Gasteiger partial charge in [-0.05, 0) is 6.92 Å². The number of nitrogens with zero attached hydrogens (tertiary/aromatic N) is 1. The van der Waals surface area contributed by atoms with Crippen molar-refractivity contribution < 1.29 is 0 Å². The van der Waals surface area contributed by atoms with E-state index < -0.39 is 0 Å². The molecule has 0 aromatic heterocycles. The first-order valence-electron chi connectivity index (χ1n) is 2.54. The van der Waals surface area contributed by atoms with Gasteiger partial charge in [0.05, 0.1) is 0 Å². The molecule has 0 saturated carbocycles. The van der Waals surface area contributed by atoms with Crippen LogP contribution in [0.3, 0.4) is 0 Å². The van der Waals surface area contributed by atoms with Crippen molar-refractivity contribution in [3.63, 3.8) is 0 Å². The lowest BCUT2D eigenvalue weighted by atomic mass is 10.2. The fourth-order valence-electron chi connectivity index (χ4n) is 0.341. The Morgan fingerprint density at radius 1 is 1.67 bits per heavy atom. The quantitative estimate of drug-likeness (QED) is 0.378. The summed E-state index contributed by atoms with van der Waals surface area (Å²) in [5, 5.41) is 8.02. The van der Waals surface area contributed by atoms with E-state index in [1.54, 1.807) is 18.2 Å². The van der Waals surface area contributed by atoms with E-state index in [2.05, 4.69) is 18.4 Å². The van der Waals surface area contributed by atoms with Gasteiger partial charge in [-0.1, -0.05) is 24.7 Å². The van der Waals surface area contributed by atoms with Crippen LogP contribution in [0.2, 0.25) is 0 Å². The minimum absolute atomic E-state index is 0.788. The number of allylic oxidation sites excluding steroid dienone is 3. The van der Waals surface area contributed by atoms with Gasteiger partial charge in [-0.3, -0.25) is 0 Å². The molecule has 0 atom stereocenters. The molecule has 0 saturated heterocycles. The smallest absolute Gasteiger partial charge is 0.152 e. The second-order valence-corrected chi connectivity index (χ2v) is 1.31. The van der Waals surface area contributed by atoms with Crippen LogP contribution < -0.4 is 0 Å². The highest BCUT2D eigenvalue weighted by atomic mass is 14.2. The van der Waals surface area contributed by atoms with Crippen molar-refractivity contribution in [3.05, 3.63) is 24.3 Å². The van der Waals surface area contributed by atoms with E-state index in [1.807, 2.05) is 6.92 Å². The molecular formula is C8H7N. The van der Waals surface area contributed by atoms with Gasteiger partial charge in [0.1, 0.15) is 0 Å². The van der Waals surface area contributed by atoms with E-state index in [0.29, 0.717) is 0 Å². The van der Waals surface area contributed by atoms with Crippen LogP contribution in [-0.2, 0) is 0 Å². The molecule has 0 aromatic rings. The fraction of sp³-hybridized carbons (Fsp3) is 0.125. The van der Waals surface area contributed by atoms with Crippen molar-refractivity contribution in [2.24, 2.45) is 0 Å². The molecule has 0 aliphatic carbocycles. The van der Waals surface area contributed by atoms with Crippen LogP contribution >= 0.6 is 0 Å². The maximum Gasteiger partial charge on any atom is 0.152 e. The predicted molar refractivity (Wildman–Crippen MR) is 37.3 cm³/mol. The van der Waals surface area contributed by atoms with E-state index in [9.17, 15) is 0 Å². The van der Waals surface area contributed by atoms with Gasteiger partial charge in [0, 0.05) is 11.5 Å². The van der Waals surface area contributed by atoms with E-state index in [0.717, 1.165) is 5.57 Å². The second kappa shape index (κ2) is 4.68. The lowest BCUT2D eigenvalue weighted by Gasteiger charge is -1.79. The molecule has 9 heavy (non-hydrogen) atoms. The summed E-state index contributed by atoms with van der Waals surface area (Å²) in [6.07, 6.45) is 3.42. The van der Waals surface area contributed by atoms with Gasteiger partial charge in [-0.25, -0.2) is 0 Å². The third-order valence-corrected chi connectivity index (χ3v) is 0.794. The highest BCUT2D eigenvalue weighted by Crippen LogP contribution is 1.89. The van der Waals surface area contributed by atoms with E-state index in [-0.39, 0.29) is 0 Å². The monoisotopic (exact) mass is 117 g/mol. The molecule has 0 unspecified atom stereocenters. The van der Waals surface area contributed by atoms with Gasteiger partial charge in [0.25, 0.3) is 0 Å². The zero-order chi connectivity index (χ0) is 7.11. The summed E-state index contributed by atoms with van der Waals surface area (Å²) in [5.41, 5.74) is 0.788. The maximum absolute atomic E-state index is 8.02. The third-order valence-electron chi connectivity index (χ3n) is 0.794. The van der Waals surface area contributed by atoms with Crippen LogP contribution in [0, 0.1) is 23.2 Å². The molecule has 0 aliphatic rings. The molecule has 44 valence electrons. The summed E-state index contributed by atoms with van der Waals surface area (Å²) in [5.74, 6) is 4.87. The van der Waals surface area contributed by atoms with Crippen molar-refractivity contribution in [1.29, 1.82) is 5.26 Å². The zero-order valence-electron chi connectivity index (χ0n) is 5.31. The fourth-order valence-corrected chi connectivity index (χ4v) is 0.341. The largest absolute Gasteiger partial charge is 0.183 e. The van der Waals surface area contributed by atoms with Crippen LogP contribution in [0.4, 0.5) is 0 Å². The average molecular weight is 117 g/mol. The lowest BCUT2D eigenvalue weighted by molar-refractivity contribution is 1.55. The van der Waals surface area contributed by atoms with Gasteiger partial charge in [0.15, 0.2) is 6.07 Å². The molecule has 0 heterocycles. The van der Waals surface area contributed by atoms with Gasteiger partial charge in [-0.2, -0.15) is 5.26 Å². The Kier molecular flexibility index (Phi) is 3.92. The average Bonchev–Trinajstić information content (AvgIpc) is 1.91. The summed E-state index contributed by atoms with van der Waals surface area (Å²) in [6, 6.07) is 1.72. The molecule has 0 amide bonds. The van der Waals surface area contributed by atoms with Gasteiger partial charge in [-0.15, -0.1) is 0 Å². The summed E-state index contributed by atoms with van der Waals surface area (Å²) in [4.78, 5) is 0. The summed E-state index contributed by atoms with van der Waals surface area (Å²) < 4.78 is 0. The Balaban J connectivity index is 4.22. The maximum atomic E-state index is 8.02. The molecule has 0 rings (SSSR count). The number of hydrogen-bond acceptors (Lipinski definition) is 1. The van der Waals surface area contributed by atoms with Crippen molar-refractivity contribution in [2.45, 2.75) is 6.92 Å². The SMILES string of the molecule is C=CC(C#CC#N)=CC. The topological polar surface area (TPSA) is 23.8 Å².